The Hall–Kier alpha value is -2.09. The Balaban J connectivity index is 2.26. The number of alkyl halides is 3. The average molecular weight is 331 g/mol. The Labute approximate surface area is 128 Å². The van der Waals surface area contributed by atoms with Crippen LogP contribution >= 0.6 is 11.5 Å². The van der Waals surface area contributed by atoms with E-state index in [4.69, 9.17) is 4.74 Å². The highest BCUT2D eigenvalue weighted by atomic mass is 32.1. The van der Waals surface area contributed by atoms with Crippen LogP contribution in [0.5, 0.6) is 5.88 Å². The van der Waals surface area contributed by atoms with Gasteiger partial charge in [0.05, 0.1) is 6.61 Å². The predicted octanol–water partition coefficient (Wildman–Crippen LogP) is 3.92. The molecule has 0 unspecified atom stereocenters. The lowest BCUT2D eigenvalue weighted by atomic mass is 10.2. The van der Waals surface area contributed by atoms with E-state index in [0.29, 0.717) is 17.1 Å². The van der Waals surface area contributed by atoms with Crippen molar-refractivity contribution in [2.24, 2.45) is 0 Å². The summed E-state index contributed by atoms with van der Waals surface area (Å²) in [7, 11) is 0. The van der Waals surface area contributed by atoms with Gasteiger partial charge in [0.1, 0.15) is 17.0 Å². The fraction of sp³-hybridized carbons (Fsp3) is 0.286. The van der Waals surface area contributed by atoms with E-state index in [1.165, 1.54) is 6.92 Å². The molecule has 2 aromatic rings. The smallest absolute Gasteiger partial charge is 0.423 e. The number of aromatic nitrogens is 1. The summed E-state index contributed by atoms with van der Waals surface area (Å²) >= 11 is 0.417. The minimum absolute atomic E-state index is 0.0196. The molecule has 0 spiro atoms. The van der Waals surface area contributed by atoms with Crippen molar-refractivity contribution in [3.8, 4) is 5.88 Å². The molecule has 0 N–H and O–H groups in total. The number of halogens is 3. The summed E-state index contributed by atoms with van der Waals surface area (Å²) in [6.45, 7) is 1.42. The molecule has 0 amide bonds. The Morgan fingerprint density at radius 2 is 1.95 bits per heavy atom. The summed E-state index contributed by atoms with van der Waals surface area (Å²) in [5.41, 5.74) is -0.492. The van der Waals surface area contributed by atoms with E-state index < -0.39 is 28.5 Å². The van der Waals surface area contributed by atoms with Gasteiger partial charge >= 0.3 is 12.1 Å². The maximum atomic E-state index is 13.1. The Bertz CT molecular complexity index is 641. The number of hydrogen-bond acceptors (Lipinski definition) is 5. The number of carbonyl (C=O) groups excluding carboxylic acids is 1. The van der Waals surface area contributed by atoms with Gasteiger partial charge in [0, 0.05) is 0 Å². The summed E-state index contributed by atoms with van der Waals surface area (Å²) in [4.78, 5) is 11.0. The zero-order chi connectivity index (χ0) is 16.2. The number of ether oxygens (including phenoxy) is 2. The van der Waals surface area contributed by atoms with Crippen molar-refractivity contribution in [2.45, 2.75) is 19.7 Å². The van der Waals surface area contributed by atoms with Crippen molar-refractivity contribution < 1.29 is 27.4 Å². The third kappa shape index (κ3) is 3.76. The Kier molecular flexibility index (Phi) is 5.02. The monoisotopic (exact) mass is 331 g/mol. The molecule has 2 rings (SSSR count). The molecule has 0 aliphatic heterocycles. The van der Waals surface area contributed by atoms with Gasteiger partial charge in [0.25, 0.3) is 0 Å². The number of esters is 1. The first kappa shape index (κ1) is 16.3. The minimum atomic E-state index is -4.75. The normalized spacial score (nSPS) is 11.3. The molecule has 0 aliphatic rings. The molecule has 1 aromatic carbocycles. The third-order valence-electron chi connectivity index (χ3n) is 2.62. The average Bonchev–Trinajstić information content (AvgIpc) is 2.90. The van der Waals surface area contributed by atoms with Gasteiger partial charge in [0.2, 0.25) is 5.88 Å². The molecule has 0 saturated carbocycles. The zero-order valence-electron chi connectivity index (χ0n) is 11.5. The standard InChI is InChI=1S/C14H12F3NO3S/c1-2-20-13(19)11-10(14(15,16)17)12(18-22-11)21-8-9-6-4-3-5-7-9/h3-7H,2,8H2,1H3. The van der Waals surface area contributed by atoms with Crippen LogP contribution in [0.15, 0.2) is 30.3 Å². The van der Waals surface area contributed by atoms with Crippen molar-refractivity contribution >= 4 is 17.5 Å². The topological polar surface area (TPSA) is 48.4 Å². The summed E-state index contributed by atoms with van der Waals surface area (Å²) in [5, 5.41) is 0. The second-order valence-electron chi connectivity index (χ2n) is 4.18. The molecule has 1 aromatic heterocycles. The molecule has 0 fully saturated rings. The number of hydrogen-bond donors (Lipinski definition) is 0. The lowest BCUT2D eigenvalue weighted by Gasteiger charge is -2.10. The largest absolute Gasteiger partial charge is 0.472 e. The maximum absolute atomic E-state index is 13.1. The van der Waals surface area contributed by atoms with Crippen molar-refractivity contribution in [1.29, 1.82) is 0 Å². The van der Waals surface area contributed by atoms with Gasteiger partial charge < -0.3 is 9.47 Å². The van der Waals surface area contributed by atoms with Crippen LogP contribution in [-0.2, 0) is 17.5 Å². The van der Waals surface area contributed by atoms with Gasteiger partial charge in [-0.2, -0.15) is 17.5 Å². The molecule has 0 atom stereocenters. The molecule has 0 aliphatic carbocycles. The highest BCUT2D eigenvalue weighted by Crippen LogP contribution is 2.40. The summed E-state index contributed by atoms with van der Waals surface area (Å²) in [6, 6.07) is 8.70. The van der Waals surface area contributed by atoms with Crippen LogP contribution in [0.3, 0.4) is 0 Å². The van der Waals surface area contributed by atoms with E-state index in [2.05, 4.69) is 9.11 Å². The van der Waals surface area contributed by atoms with Crippen LogP contribution in [0.2, 0.25) is 0 Å². The van der Waals surface area contributed by atoms with Crippen LogP contribution in [0.4, 0.5) is 13.2 Å². The van der Waals surface area contributed by atoms with Crippen LogP contribution in [-0.4, -0.2) is 16.9 Å². The fourth-order valence-corrected chi connectivity index (χ4v) is 2.43. The summed E-state index contributed by atoms with van der Waals surface area (Å²) in [6.07, 6.45) is -4.75. The van der Waals surface area contributed by atoms with E-state index in [0.717, 1.165) is 0 Å². The lowest BCUT2D eigenvalue weighted by molar-refractivity contribution is -0.139. The van der Waals surface area contributed by atoms with Gasteiger partial charge in [-0.15, -0.1) is 0 Å². The van der Waals surface area contributed by atoms with Crippen molar-refractivity contribution in [1.82, 2.24) is 4.37 Å². The third-order valence-corrected chi connectivity index (χ3v) is 3.43. The predicted molar refractivity (Wildman–Crippen MR) is 73.8 cm³/mol. The Morgan fingerprint density at radius 1 is 1.27 bits per heavy atom. The molecule has 0 radical (unpaired) electrons. The molecule has 4 nitrogen and oxygen atoms in total. The minimum Gasteiger partial charge on any atom is -0.472 e. The van der Waals surface area contributed by atoms with E-state index >= 15 is 0 Å². The highest BCUT2D eigenvalue weighted by molar-refractivity contribution is 7.08. The Morgan fingerprint density at radius 3 is 2.55 bits per heavy atom. The molecule has 8 heteroatoms. The second kappa shape index (κ2) is 6.78. The fourth-order valence-electron chi connectivity index (χ4n) is 1.69. The van der Waals surface area contributed by atoms with Crippen molar-refractivity contribution in [2.75, 3.05) is 6.61 Å². The molecular weight excluding hydrogens is 319 g/mol. The van der Waals surface area contributed by atoms with Crippen LogP contribution < -0.4 is 4.74 Å². The van der Waals surface area contributed by atoms with Crippen LogP contribution in [0.25, 0.3) is 0 Å². The molecule has 1 heterocycles. The quantitative estimate of drug-likeness (QED) is 0.779. The molecule has 22 heavy (non-hydrogen) atoms. The molecule has 0 saturated heterocycles. The highest BCUT2D eigenvalue weighted by Gasteiger charge is 2.42. The molecule has 118 valence electrons. The SMILES string of the molecule is CCOC(=O)c1snc(OCc2ccccc2)c1C(F)(F)F. The van der Waals surface area contributed by atoms with Crippen molar-refractivity contribution in [3.63, 3.8) is 0 Å². The van der Waals surface area contributed by atoms with Gasteiger partial charge in [-0.3, -0.25) is 0 Å². The van der Waals surface area contributed by atoms with Gasteiger partial charge in [-0.05, 0) is 24.0 Å². The number of benzene rings is 1. The molecular formula is C14H12F3NO3S. The van der Waals surface area contributed by atoms with Gasteiger partial charge in [-0.1, -0.05) is 30.3 Å². The maximum Gasteiger partial charge on any atom is 0.423 e. The second-order valence-corrected chi connectivity index (χ2v) is 4.96. The van der Waals surface area contributed by atoms with E-state index in [1.54, 1.807) is 30.3 Å². The number of nitrogens with zero attached hydrogens (tertiary/aromatic N) is 1. The van der Waals surface area contributed by atoms with Crippen LogP contribution in [0.1, 0.15) is 27.7 Å². The van der Waals surface area contributed by atoms with E-state index in [-0.39, 0.29) is 13.2 Å². The first-order valence-corrected chi connectivity index (χ1v) is 7.11. The van der Waals surface area contributed by atoms with Crippen LogP contribution in [0, 0.1) is 0 Å². The number of carbonyl (C=O) groups is 1. The molecule has 0 bridgehead atoms. The number of rotatable bonds is 5. The summed E-state index contributed by atoms with van der Waals surface area (Å²) < 4.78 is 52.8. The van der Waals surface area contributed by atoms with E-state index in [9.17, 15) is 18.0 Å². The first-order chi connectivity index (χ1) is 10.4. The summed E-state index contributed by atoms with van der Waals surface area (Å²) in [5.74, 6) is -1.66. The lowest BCUT2D eigenvalue weighted by Crippen LogP contribution is -2.14. The first-order valence-electron chi connectivity index (χ1n) is 6.34. The van der Waals surface area contributed by atoms with Gasteiger partial charge in [0.15, 0.2) is 0 Å². The van der Waals surface area contributed by atoms with Gasteiger partial charge in [-0.25, -0.2) is 4.79 Å². The van der Waals surface area contributed by atoms with Crippen molar-refractivity contribution in [3.05, 3.63) is 46.3 Å². The van der Waals surface area contributed by atoms with E-state index in [1.807, 2.05) is 0 Å². The zero-order valence-corrected chi connectivity index (χ0v) is 12.3.